The van der Waals surface area contributed by atoms with Gasteiger partial charge >= 0.3 is 0 Å². The molecular formula is C11H20N4. The van der Waals surface area contributed by atoms with E-state index in [2.05, 4.69) is 30.2 Å². The lowest BCUT2D eigenvalue weighted by molar-refractivity contribution is 0.239. The molecule has 2 rings (SSSR count). The van der Waals surface area contributed by atoms with E-state index >= 15 is 0 Å². The molecule has 0 aromatic carbocycles. The zero-order valence-corrected chi connectivity index (χ0v) is 9.77. The average molecular weight is 208 g/mol. The Morgan fingerprint density at radius 1 is 1.67 bits per heavy atom. The van der Waals surface area contributed by atoms with Crippen molar-refractivity contribution in [1.82, 2.24) is 14.7 Å². The van der Waals surface area contributed by atoms with Crippen molar-refractivity contribution in [2.24, 2.45) is 12.8 Å². The molecule has 1 aromatic rings. The molecule has 0 bridgehead atoms. The highest BCUT2D eigenvalue weighted by Gasteiger charge is 2.32. The van der Waals surface area contributed by atoms with E-state index in [1.165, 1.54) is 18.4 Å². The molecule has 4 heteroatoms. The molecule has 15 heavy (non-hydrogen) atoms. The first-order valence-electron chi connectivity index (χ1n) is 5.55. The summed E-state index contributed by atoms with van der Waals surface area (Å²) in [5.41, 5.74) is 8.24. The third-order valence-electron chi connectivity index (χ3n) is 3.25. The van der Waals surface area contributed by atoms with E-state index in [0.717, 1.165) is 11.7 Å². The Kier molecular flexibility index (Phi) is 2.80. The number of nitrogens with two attached hydrogens (primary N) is 1. The Hall–Kier alpha value is -0.870. The maximum atomic E-state index is 5.87. The molecule has 1 atom stereocenters. The number of aromatic nitrogens is 2. The van der Waals surface area contributed by atoms with Gasteiger partial charge in [0.15, 0.2) is 0 Å². The summed E-state index contributed by atoms with van der Waals surface area (Å²) in [6, 6.07) is 1.06. The van der Waals surface area contributed by atoms with Crippen molar-refractivity contribution in [1.29, 1.82) is 0 Å². The van der Waals surface area contributed by atoms with Crippen LogP contribution in [0.4, 0.5) is 0 Å². The number of hydrogen-bond acceptors (Lipinski definition) is 3. The largest absolute Gasteiger partial charge is 0.329 e. The number of aryl methyl sites for hydroxylation is 2. The number of rotatable bonds is 4. The predicted molar refractivity (Wildman–Crippen MR) is 60.5 cm³/mol. The Labute approximate surface area is 91.1 Å². The summed E-state index contributed by atoms with van der Waals surface area (Å²) in [6.07, 6.45) is 4.71. The first-order chi connectivity index (χ1) is 7.13. The Balaban J connectivity index is 2.21. The maximum absolute atomic E-state index is 5.87. The summed E-state index contributed by atoms with van der Waals surface area (Å²) in [6.45, 7) is 2.72. The SMILES string of the molecule is Cc1nn(C)cc1C(CN)N(C)C1CC1. The zero-order chi connectivity index (χ0) is 11.0. The summed E-state index contributed by atoms with van der Waals surface area (Å²) in [7, 11) is 4.13. The highest BCUT2D eigenvalue weighted by molar-refractivity contribution is 5.21. The van der Waals surface area contributed by atoms with Crippen LogP contribution in [-0.4, -0.2) is 34.3 Å². The quantitative estimate of drug-likeness (QED) is 0.797. The smallest absolute Gasteiger partial charge is 0.0641 e. The van der Waals surface area contributed by atoms with E-state index in [-0.39, 0.29) is 0 Å². The third-order valence-corrected chi connectivity index (χ3v) is 3.25. The van der Waals surface area contributed by atoms with Crippen molar-refractivity contribution in [3.8, 4) is 0 Å². The van der Waals surface area contributed by atoms with Crippen LogP contribution in [0.25, 0.3) is 0 Å². The first kappa shape index (κ1) is 10.6. The monoisotopic (exact) mass is 208 g/mol. The molecule has 1 heterocycles. The lowest BCUT2D eigenvalue weighted by atomic mass is 10.1. The van der Waals surface area contributed by atoms with Crippen molar-refractivity contribution in [2.75, 3.05) is 13.6 Å². The minimum Gasteiger partial charge on any atom is -0.329 e. The maximum Gasteiger partial charge on any atom is 0.0641 e. The van der Waals surface area contributed by atoms with E-state index < -0.39 is 0 Å². The first-order valence-corrected chi connectivity index (χ1v) is 5.55. The average Bonchev–Trinajstić information content (AvgIpc) is 2.95. The fourth-order valence-electron chi connectivity index (χ4n) is 2.19. The summed E-state index contributed by atoms with van der Waals surface area (Å²) < 4.78 is 1.87. The van der Waals surface area contributed by atoms with Gasteiger partial charge in [-0.25, -0.2) is 0 Å². The minimum atomic E-state index is 0.325. The Morgan fingerprint density at radius 3 is 2.73 bits per heavy atom. The molecule has 0 saturated heterocycles. The number of likely N-dealkylation sites (N-methyl/N-ethyl adjacent to an activating group) is 1. The molecule has 1 aromatic heterocycles. The van der Waals surface area contributed by atoms with Crippen LogP contribution in [0, 0.1) is 6.92 Å². The lowest BCUT2D eigenvalue weighted by Gasteiger charge is -2.26. The molecule has 84 valence electrons. The molecule has 0 radical (unpaired) electrons. The van der Waals surface area contributed by atoms with Gasteiger partial charge in [-0.15, -0.1) is 0 Å². The van der Waals surface area contributed by atoms with E-state index in [9.17, 15) is 0 Å². The van der Waals surface area contributed by atoms with Gasteiger partial charge in [-0.2, -0.15) is 5.10 Å². The van der Waals surface area contributed by atoms with Crippen LogP contribution in [0.3, 0.4) is 0 Å². The van der Waals surface area contributed by atoms with Crippen molar-refractivity contribution in [3.05, 3.63) is 17.5 Å². The summed E-state index contributed by atoms with van der Waals surface area (Å²) in [5, 5.41) is 4.38. The van der Waals surface area contributed by atoms with Crippen molar-refractivity contribution in [3.63, 3.8) is 0 Å². The molecule has 0 amide bonds. The van der Waals surface area contributed by atoms with E-state index in [4.69, 9.17) is 5.73 Å². The molecule has 0 aliphatic heterocycles. The van der Waals surface area contributed by atoms with Gasteiger partial charge in [-0.05, 0) is 26.8 Å². The Morgan fingerprint density at radius 2 is 2.33 bits per heavy atom. The third kappa shape index (κ3) is 2.06. The van der Waals surface area contributed by atoms with E-state index in [0.29, 0.717) is 12.6 Å². The number of nitrogens with zero attached hydrogens (tertiary/aromatic N) is 3. The minimum absolute atomic E-state index is 0.325. The van der Waals surface area contributed by atoms with E-state index in [1.807, 2.05) is 11.7 Å². The molecule has 4 nitrogen and oxygen atoms in total. The van der Waals surface area contributed by atoms with Gasteiger partial charge in [0.05, 0.1) is 11.7 Å². The molecule has 1 aliphatic carbocycles. The van der Waals surface area contributed by atoms with Crippen molar-refractivity contribution < 1.29 is 0 Å². The van der Waals surface area contributed by atoms with Crippen LogP contribution in [0.15, 0.2) is 6.20 Å². The van der Waals surface area contributed by atoms with Crippen LogP contribution < -0.4 is 5.73 Å². The zero-order valence-electron chi connectivity index (χ0n) is 9.77. The topological polar surface area (TPSA) is 47.1 Å². The van der Waals surface area contributed by atoms with Gasteiger partial charge in [-0.1, -0.05) is 0 Å². The van der Waals surface area contributed by atoms with Crippen molar-refractivity contribution in [2.45, 2.75) is 31.8 Å². The van der Waals surface area contributed by atoms with E-state index in [1.54, 1.807) is 0 Å². The second-order valence-electron chi connectivity index (χ2n) is 4.49. The molecule has 0 spiro atoms. The van der Waals surface area contributed by atoms with Crippen LogP contribution in [-0.2, 0) is 7.05 Å². The highest BCUT2D eigenvalue weighted by atomic mass is 15.3. The molecule has 2 N–H and O–H groups in total. The summed E-state index contributed by atoms with van der Waals surface area (Å²) in [5.74, 6) is 0. The molecule has 1 aliphatic rings. The molecule has 1 fully saturated rings. The molecule has 1 saturated carbocycles. The fraction of sp³-hybridized carbons (Fsp3) is 0.727. The van der Waals surface area contributed by atoms with Gasteiger partial charge in [-0.3, -0.25) is 9.58 Å². The van der Waals surface area contributed by atoms with Gasteiger partial charge in [0.25, 0.3) is 0 Å². The number of hydrogen-bond donors (Lipinski definition) is 1. The normalized spacial score (nSPS) is 18.5. The molecule has 1 unspecified atom stereocenters. The lowest BCUT2D eigenvalue weighted by Crippen LogP contribution is -2.32. The second-order valence-corrected chi connectivity index (χ2v) is 4.49. The predicted octanol–water partition coefficient (Wildman–Crippen LogP) is 0.823. The van der Waals surface area contributed by atoms with Crippen LogP contribution in [0.1, 0.15) is 30.1 Å². The second kappa shape index (κ2) is 3.94. The van der Waals surface area contributed by atoms with Crippen molar-refractivity contribution >= 4 is 0 Å². The van der Waals surface area contributed by atoms with Crippen LogP contribution >= 0.6 is 0 Å². The molecular weight excluding hydrogens is 188 g/mol. The fourth-order valence-corrected chi connectivity index (χ4v) is 2.19. The summed E-state index contributed by atoms with van der Waals surface area (Å²) in [4.78, 5) is 2.39. The van der Waals surface area contributed by atoms with Crippen LogP contribution in [0.5, 0.6) is 0 Å². The highest BCUT2D eigenvalue weighted by Crippen LogP contribution is 2.33. The standard InChI is InChI=1S/C11H20N4/c1-8-10(7-14(2)13-8)11(6-12)15(3)9-4-5-9/h7,9,11H,4-6,12H2,1-3H3. The Bertz CT molecular complexity index is 340. The van der Waals surface area contributed by atoms with Crippen LogP contribution in [0.2, 0.25) is 0 Å². The summed E-state index contributed by atoms with van der Waals surface area (Å²) >= 11 is 0. The van der Waals surface area contributed by atoms with Gasteiger partial charge in [0, 0.05) is 31.4 Å². The van der Waals surface area contributed by atoms with Gasteiger partial charge in [0.2, 0.25) is 0 Å². The van der Waals surface area contributed by atoms with Gasteiger partial charge in [0.1, 0.15) is 0 Å². The van der Waals surface area contributed by atoms with Gasteiger partial charge < -0.3 is 5.73 Å².